The molecule has 0 spiro atoms. The van der Waals surface area contributed by atoms with Gasteiger partial charge < -0.3 is 14.5 Å². The molecule has 7 heteroatoms. The number of ether oxygens (including phenoxy) is 1. The van der Waals surface area contributed by atoms with Gasteiger partial charge in [0.2, 0.25) is 0 Å². The highest BCUT2D eigenvalue weighted by atomic mass is 19.1. The first-order valence-corrected chi connectivity index (χ1v) is 11.1. The van der Waals surface area contributed by atoms with Crippen molar-refractivity contribution in [2.75, 3.05) is 31.1 Å². The second-order valence-electron chi connectivity index (χ2n) is 9.35. The topological polar surface area (TPSA) is 58.6 Å². The zero-order valence-electron chi connectivity index (χ0n) is 18.7. The van der Waals surface area contributed by atoms with Gasteiger partial charge in [-0.1, -0.05) is 12.1 Å². The van der Waals surface area contributed by atoms with Crippen LogP contribution in [0.5, 0.6) is 0 Å². The van der Waals surface area contributed by atoms with Crippen LogP contribution in [-0.4, -0.2) is 52.7 Å². The third-order valence-electron chi connectivity index (χ3n) is 5.70. The number of carbonyl (C=O) groups is 1. The Bertz CT molecular complexity index is 934. The van der Waals surface area contributed by atoms with E-state index in [1.807, 2.05) is 20.8 Å². The van der Waals surface area contributed by atoms with Crippen LogP contribution in [0.2, 0.25) is 0 Å². The van der Waals surface area contributed by atoms with Crippen LogP contribution in [-0.2, 0) is 24.0 Å². The largest absolute Gasteiger partial charge is 0.444 e. The Morgan fingerprint density at radius 2 is 1.71 bits per heavy atom. The summed E-state index contributed by atoms with van der Waals surface area (Å²) in [5.74, 6) is 1.51. The molecule has 0 aliphatic carbocycles. The number of carbonyl (C=O) groups excluding carboxylic acids is 1. The van der Waals surface area contributed by atoms with Gasteiger partial charge in [0, 0.05) is 44.6 Å². The molecule has 1 saturated heterocycles. The second kappa shape index (κ2) is 8.81. The fraction of sp³-hybridized carbons (Fsp3) is 0.542. The molecule has 3 heterocycles. The molecule has 1 fully saturated rings. The normalized spacial score (nSPS) is 16.8. The van der Waals surface area contributed by atoms with E-state index in [2.05, 4.69) is 4.90 Å². The van der Waals surface area contributed by atoms with Crippen LogP contribution in [0.4, 0.5) is 15.0 Å². The lowest BCUT2D eigenvalue weighted by Crippen LogP contribution is -2.38. The van der Waals surface area contributed by atoms with Crippen molar-refractivity contribution < 1.29 is 13.9 Å². The van der Waals surface area contributed by atoms with Crippen LogP contribution in [0.1, 0.15) is 56.3 Å². The quantitative estimate of drug-likeness (QED) is 0.738. The Balaban J connectivity index is 1.60. The van der Waals surface area contributed by atoms with Gasteiger partial charge in [0.1, 0.15) is 23.1 Å². The fourth-order valence-electron chi connectivity index (χ4n) is 4.19. The van der Waals surface area contributed by atoms with Crippen molar-refractivity contribution in [2.45, 2.75) is 58.5 Å². The smallest absolute Gasteiger partial charge is 0.410 e. The lowest BCUT2D eigenvalue weighted by atomic mass is 10.1. The molecule has 2 aliphatic heterocycles. The molecule has 31 heavy (non-hydrogen) atoms. The van der Waals surface area contributed by atoms with Gasteiger partial charge in [-0.15, -0.1) is 0 Å². The van der Waals surface area contributed by atoms with E-state index in [4.69, 9.17) is 14.7 Å². The van der Waals surface area contributed by atoms with Gasteiger partial charge >= 0.3 is 6.09 Å². The number of benzene rings is 1. The van der Waals surface area contributed by atoms with E-state index >= 15 is 0 Å². The predicted octanol–water partition coefficient (Wildman–Crippen LogP) is 4.14. The number of fused-ring (bicyclic) bond motifs is 1. The zero-order chi connectivity index (χ0) is 22.0. The molecule has 166 valence electrons. The van der Waals surface area contributed by atoms with Gasteiger partial charge in [0.05, 0.1) is 5.69 Å². The van der Waals surface area contributed by atoms with E-state index in [1.165, 1.54) is 12.1 Å². The molecule has 0 N–H and O–H groups in total. The molecule has 1 aromatic carbocycles. The van der Waals surface area contributed by atoms with Gasteiger partial charge in [-0.25, -0.2) is 19.2 Å². The van der Waals surface area contributed by atoms with Gasteiger partial charge in [-0.05, 0) is 57.7 Å². The van der Waals surface area contributed by atoms with E-state index < -0.39 is 5.60 Å². The number of amides is 1. The summed E-state index contributed by atoms with van der Waals surface area (Å²) in [5, 5.41) is 0. The Kier molecular flexibility index (Phi) is 6.12. The predicted molar refractivity (Wildman–Crippen MR) is 118 cm³/mol. The maximum absolute atomic E-state index is 13.3. The number of hydrogen-bond acceptors (Lipinski definition) is 5. The minimum absolute atomic E-state index is 0.244. The van der Waals surface area contributed by atoms with Crippen molar-refractivity contribution in [3.8, 4) is 0 Å². The summed E-state index contributed by atoms with van der Waals surface area (Å²) in [7, 11) is 0. The molecule has 4 rings (SSSR count). The van der Waals surface area contributed by atoms with Gasteiger partial charge in [0.15, 0.2) is 0 Å². The Morgan fingerprint density at radius 3 is 2.39 bits per heavy atom. The molecule has 1 aromatic heterocycles. The van der Waals surface area contributed by atoms with Crippen LogP contribution in [0.25, 0.3) is 0 Å². The van der Waals surface area contributed by atoms with E-state index in [9.17, 15) is 9.18 Å². The van der Waals surface area contributed by atoms with Gasteiger partial charge in [0.25, 0.3) is 0 Å². The summed E-state index contributed by atoms with van der Waals surface area (Å²) in [6.07, 6.45) is 4.00. The molecule has 2 aliphatic rings. The van der Waals surface area contributed by atoms with Crippen molar-refractivity contribution in [1.82, 2.24) is 14.9 Å². The number of aromatic nitrogens is 2. The van der Waals surface area contributed by atoms with Crippen LogP contribution in [0, 0.1) is 5.82 Å². The average Bonchev–Trinajstić information content (AvgIpc) is 3.15. The fourth-order valence-corrected chi connectivity index (χ4v) is 4.19. The van der Waals surface area contributed by atoms with Crippen LogP contribution < -0.4 is 4.90 Å². The number of halogens is 1. The molecule has 2 aromatic rings. The second-order valence-corrected chi connectivity index (χ2v) is 9.35. The van der Waals surface area contributed by atoms with Crippen LogP contribution in [0.3, 0.4) is 0 Å². The first kappa shape index (κ1) is 21.5. The molecular formula is C24H31FN4O2. The molecule has 0 unspecified atom stereocenters. The lowest BCUT2D eigenvalue weighted by Gasteiger charge is -2.26. The van der Waals surface area contributed by atoms with E-state index in [1.54, 1.807) is 17.0 Å². The van der Waals surface area contributed by atoms with Crippen molar-refractivity contribution in [3.63, 3.8) is 0 Å². The Morgan fingerprint density at radius 1 is 1.03 bits per heavy atom. The Labute approximate surface area is 183 Å². The summed E-state index contributed by atoms with van der Waals surface area (Å²) < 4.78 is 18.9. The van der Waals surface area contributed by atoms with Crippen LogP contribution in [0.15, 0.2) is 24.3 Å². The summed E-state index contributed by atoms with van der Waals surface area (Å²) in [4.78, 5) is 26.6. The minimum Gasteiger partial charge on any atom is -0.444 e. The molecule has 0 bridgehead atoms. The molecule has 6 nitrogen and oxygen atoms in total. The molecule has 1 amide bonds. The number of nitrogens with zero attached hydrogens (tertiary/aromatic N) is 4. The van der Waals surface area contributed by atoms with E-state index in [-0.39, 0.29) is 11.9 Å². The van der Waals surface area contributed by atoms with Crippen LogP contribution >= 0.6 is 0 Å². The molecule has 0 radical (unpaired) electrons. The van der Waals surface area contributed by atoms with Crippen molar-refractivity contribution in [2.24, 2.45) is 0 Å². The third kappa shape index (κ3) is 5.32. The first-order valence-electron chi connectivity index (χ1n) is 11.1. The average molecular weight is 427 g/mol. The highest BCUT2D eigenvalue weighted by molar-refractivity contribution is 5.68. The van der Waals surface area contributed by atoms with Gasteiger partial charge in [-0.2, -0.15) is 0 Å². The lowest BCUT2D eigenvalue weighted by molar-refractivity contribution is 0.0258. The number of anilines is 1. The molecule has 0 atom stereocenters. The molecule has 0 saturated carbocycles. The summed E-state index contributed by atoms with van der Waals surface area (Å²) >= 11 is 0. The summed E-state index contributed by atoms with van der Waals surface area (Å²) in [6, 6.07) is 6.51. The first-order chi connectivity index (χ1) is 14.8. The monoisotopic (exact) mass is 426 g/mol. The third-order valence-corrected chi connectivity index (χ3v) is 5.70. The zero-order valence-corrected chi connectivity index (χ0v) is 18.7. The number of rotatable bonds is 3. The number of hydrogen-bond donors (Lipinski definition) is 0. The van der Waals surface area contributed by atoms with Crippen molar-refractivity contribution in [1.29, 1.82) is 0 Å². The molecular weight excluding hydrogens is 395 g/mol. The van der Waals surface area contributed by atoms with Gasteiger partial charge in [-0.3, -0.25) is 0 Å². The summed E-state index contributed by atoms with van der Waals surface area (Å²) in [5.41, 5.74) is 2.63. The van der Waals surface area contributed by atoms with Crippen molar-refractivity contribution in [3.05, 3.63) is 52.7 Å². The summed E-state index contributed by atoms with van der Waals surface area (Å²) in [6.45, 7) is 8.82. The highest BCUT2D eigenvalue weighted by Gasteiger charge is 2.28. The highest BCUT2D eigenvalue weighted by Crippen LogP contribution is 2.28. The standard InChI is InChI=1S/C24H31FN4O2/c1-24(2,3)31-23(30)29-14-10-19-20(11-15-29)26-21(16-17-6-8-18(25)9-7-17)27-22(19)28-12-4-5-13-28/h6-9H,4-5,10-16H2,1-3H3. The SMILES string of the molecule is CC(C)(C)OC(=O)N1CCc2nc(Cc3ccc(F)cc3)nc(N3CCCC3)c2CC1. The Hall–Kier alpha value is -2.70. The maximum Gasteiger partial charge on any atom is 0.410 e. The van der Waals surface area contributed by atoms with E-state index in [0.29, 0.717) is 25.9 Å². The van der Waals surface area contributed by atoms with E-state index in [0.717, 1.165) is 60.8 Å². The maximum atomic E-state index is 13.3. The minimum atomic E-state index is -0.515. The van der Waals surface area contributed by atoms with Crippen molar-refractivity contribution >= 4 is 11.9 Å².